The Kier molecular flexibility index (Phi) is 3.70. The minimum absolute atomic E-state index is 0.426. The zero-order valence-corrected chi connectivity index (χ0v) is 10.2. The Balaban J connectivity index is 2.02. The topological polar surface area (TPSA) is 37.8 Å². The summed E-state index contributed by atoms with van der Waals surface area (Å²) < 4.78 is 0. The van der Waals surface area contributed by atoms with Crippen LogP contribution in [0.4, 0.5) is 5.82 Å². The first-order valence-electron chi connectivity index (χ1n) is 5.85. The average molecular weight is 227 g/mol. The van der Waals surface area contributed by atoms with Gasteiger partial charge in [-0.05, 0) is 11.5 Å². The van der Waals surface area contributed by atoms with Crippen molar-refractivity contribution in [3.63, 3.8) is 0 Å². The number of nitrogens with zero attached hydrogens (tertiary/aromatic N) is 2. The van der Waals surface area contributed by atoms with Crippen molar-refractivity contribution in [3.8, 4) is 0 Å². The lowest BCUT2D eigenvalue weighted by Gasteiger charge is -2.08. The molecule has 1 N–H and O–H groups in total. The van der Waals surface area contributed by atoms with Crippen LogP contribution >= 0.6 is 0 Å². The summed E-state index contributed by atoms with van der Waals surface area (Å²) in [6.07, 6.45) is 1.61. The van der Waals surface area contributed by atoms with Crippen LogP contribution in [0.1, 0.15) is 31.0 Å². The molecule has 1 aromatic heterocycles. The molecule has 88 valence electrons. The molecule has 3 heteroatoms. The second-order valence-corrected chi connectivity index (χ2v) is 4.32. The lowest BCUT2D eigenvalue weighted by atomic mass is 10.1. The largest absolute Gasteiger partial charge is 0.366 e. The molecule has 0 aliphatic heterocycles. The van der Waals surface area contributed by atoms with E-state index in [1.54, 1.807) is 6.33 Å². The number of hydrogen-bond donors (Lipinski definition) is 1. The van der Waals surface area contributed by atoms with Gasteiger partial charge in [0, 0.05) is 18.3 Å². The highest BCUT2D eigenvalue weighted by Gasteiger charge is 2.02. The van der Waals surface area contributed by atoms with Crippen molar-refractivity contribution in [2.24, 2.45) is 0 Å². The van der Waals surface area contributed by atoms with E-state index in [4.69, 9.17) is 0 Å². The van der Waals surface area contributed by atoms with Gasteiger partial charge in [-0.15, -0.1) is 0 Å². The Labute approximate surface area is 102 Å². The fourth-order valence-corrected chi connectivity index (χ4v) is 1.57. The summed E-state index contributed by atoms with van der Waals surface area (Å²) in [5, 5.41) is 3.31. The molecule has 3 nitrogen and oxygen atoms in total. The third-order valence-electron chi connectivity index (χ3n) is 2.60. The molecule has 0 amide bonds. The zero-order valence-electron chi connectivity index (χ0n) is 10.2. The van der Waals surface area contributed by atoms with E-state index in [0.29, 0.717) is 5.92 Å². The fraction of sp³-hybridized carbons (Fsp3) is 0.286. The van der Waals surface area contributed by atoms with Crippen LogP contribution in [0.25, 0.3) is 0 Å². The molecule has 0 aliphatic carbocycles. The fourth-order valence-electron chi connectivity index (χ4n) is 1.57. The molecule has 0 unspecified atom stereocenters. The number of rotatable bonds is 4. The van der Waals surface area contributed by atoms with E-state index < -0.39 is 0 Å². The normalized spacial score (nSPS) is 10.5. The Morgan fingerprint density at radius 2 is 1.88 bits per heavy atom. The van der Waals surface area contributed by atoms with Crippen LogP contribution in [0.15, 0.2) is 42.7 Å². The predicted octanol–water partition coefficient (Wildman–Crippen LogP) is 3.21. The maximum Gasteiger partial charge on any atom is 0.129 e. The Bertz CT molecular complexity index is 466. The van der Waals surface area contributed by atoms with Crippen LogP contribution in [0.3, 0.4) is 0 Å². The van der Waals surface area contributed by atoms with Crippen LogP contribution in [0.2, 0.25) is 0 Å². The van der Waals surface area contributed by atoms with Gasteiger partial charge in [0.1, 0.15) is 12.1 Å². The molecular formula is C14H17N3. The average Bonchev–Trinajstić information content (AvgIpc) is 2.38. The van der Waals surface area contributed by atoms with Crippen LogP contribution in [-0.2, 0) is 6.54 Å². The second kappa shape index (κ2) is 5.43. The highest BCUT2D eigenvalue weighted by molar-refractivity contribution is 5.36. The molecule has 0 saturated carbocycles. The van der Waals surface area contributed by atoms with Gasteiger partial charge in [0.05, 0.1) is 0 Å². The van der Waals surface area contributed by atoms with E-state index in [2.05, 4.69) is 41.3 Å². The van der Waals surface area contributed by atoms with Crippen LogP contribution in [-0.4, -0.2) is 9.97 Å². The van der Waals surface area contributed by atoms with E-state index >= 15 is 0 Å². The molecule has 0 fully saturated rings. The Morgan fingerprint density at radius 3 is 2.59 bits per heavy atom. The molecule has 0 spiro atoms. The van der Waals surface area contributed by atoms with Crippen molar-refractivity contribution < 1.29 is 0 Å². The minimum Gasteiger partial charge on any atom is -0.366 e. The number of aromatic nitrogens is 2. The van der Waals surface area contributed by atoms with Gasteiger partial charge in [0.2, 0.25) is 0 Å². The van der Waals surface area contributed by atoms with Crippen molar-refractivity contribution in [1.29, 1.82) is 0 Å². The highest BCUT2D eigenvalue weighted by atomic mass is 15.0. The Hall–Kier alpha value is -1.90. The van der Waals surface area contributed by atoms with Crippen LogP contribution in [0, 0.1) is 0 Å². The van der Waals surface area contributed by atoms with Gasteiger partial charge in [0.15, 0.2) is 0 Å². The number of benzene rings is 1. The van der Waals surface area contributed by atoms with E-state index in [1.165, 1.54) is 5.56 Å². The van der Waals surface area contributed by atoms with Crippen molar-refractivity contribution in [1.82, 2.24) is 9.97 Å². The smallest absolute Gasteiger partial charge is 0.129 e. The van der Waals surface area contributed by atoms with Gasteiger partial charge in [0.25, 0.3) is 0 Å². The highest BCUT2D eigenvalue weighted by Crippen LogP contribution is 2.14. The molecule has 1 heterocycles. The van der Waals surface area contributed by atoms with Gasteiger partial charge in [-0.1, -0.05) is 44.2 Å². The lowest BCUT2D eigenvalue weighted by Crippen LogP contribution is -2.03. The molecule has 0 atom stereocenters. The summed E-state index contributed by atoms with van der Waals surface area (Å²) in [5.41, 5.74) is 2.31. The van der Waals surface area contributed by atoms with Gasteiger partial charge in [-0.25, -0.2) is 9.97 Å². The molecule has 17 heavy (non-hydrogen) atoms. The number of anilines is 1. The lowest BCUT2D eigenvalue weighted by molar-refractivity contribution is 0.814. The van der Waals surface area contributed by atoms with E-state index in [0.717, 1.165) is 18.1 Å². The molecule has 2 aromatic rings. The first kappa shape index (κ1) is 11.6. The molecule has 2 rings (SSSR count). The van der Waals surface area contributed by atoms with Crippen molar-refractivity contribution in [2.45, 2.75) is 26.3 Å². The summed E-state index contributed by atoms with van der Waals surface area (Å²) in [6, 6.07) is 12.3. The summed E-state index contributed by atoms with van der Waals surface area (Å²) >= 11 is 0. The van der Waals surface area contributed by atoms with Gasteiger partial charge in [-0.3, -0.25) is 0 Å². The van der Waals surface area contributed by atoms with Crippen molar-refractivity contribution in [2.75, 3.05) is 5.32 Å². The third-order valence-corrected chi connectivity index (χ3v) is 2.60. The SMILES string of the molecule is CC(C)c1cc(NCc2ccccc2)ncn1. The molecular weight excluding hydrogens is 210 g/mol. The van der Waals surface area contributed by atoms with Gasteiger partial charge in [-0.2, -0.15) is 0 Å². The quantitative estimate of drug-likeness (QED) is 0.871. The first-order chi connectivity index (χ1) is 8.25. The maximum atomic E-state index is 4.24. The van der Waals surface area contributed by atoms with Crippen molar-refractivity contribution in [3.05, 3.63) is 54.0 Å². The summed E-state index contributed by atoms with van der Waals surface area (Å²) in [6.45, 7) is 5.04. The predicted molar refractivity (Wildman–Crippen MR) is 69.9 cm³/mol. The molecule has 0 radical (unpaired) electrons. The van der Waals surface area contributed by atoms with E-state index in [-0.39, 0.29) is 0 Å². The summed E-state index contributed by atoms with van der Waals surface area (Å²) in [4.78, 5) is 8.46. The molecule has 1 aromatic carbocycles. The van der Waals surface area contributed by atoms with Gasteiger partial charge >= 0.3 is 0 Å². The minimum atomic E-state index is 0.426. The number of nitrogens with one attached hydrogen (secondary N) is 1. The summed E-state index contributed by atoms with van der Waals surface area (Å²) in [5.74, 6) is 1.31. The molecule has 0 bridgehead atoms. The zero-order chi connectivity index (χ0) is 12.1. The van der Waals surface area contributed by atoms with Crippen LogP contribution in [0.5, 0.6) is 0 Å². The standard InChI is InChI=1S/C14H17N3/c1-11(2)13-8-14(17-10-16-13)15-9-12-6-4-3-5-7-12/h3-8,10-11H,9H2,1-2H3,(H,15,16,17). The summed E-state index contributed by atoms with van der Waals surface area (Å²) in [7, 11) is 0. The van der Waals surface area contributed by atoms with Crippen LogP contribution < -0.4 is 5.32 Å². The van der Waals surface area contributed by atoms with Gasteiger partial charge < -0.3 is 5.32 Å². The molecule has 0 saturated heterocycles. The Morgan fingerprint density at radius 1 is 1.12 bits per heavy atom. The van der Waals surface area contributed by atoms with E-state index in [1.807, 2.05) is 24.3 Å². The second-order valence-electron chi connectivity index (χ2n) is 4.32. The molecule has 0 aliphatic rings. The maximum absolute atomic E-state index is 4.24. The monoisotopic (exact) mass is 227 g/mol. The van der Waals surface area contributed by atoms with E-state index in [9.17, 15) is 0 Å². The third kappa shape index (κ3) is 3.28. The van der Waals surface area contributed by atoms with Crippen molar-refractivity contribution >= 4 is 5.82 Å². The first-order valence-corrected chi connectivity index (χ1v) is 5.85. The number of hydrogen-bond acceptors (Lipinski definition) is 3.